The van der Waals surface area contributed by atoms with Crippen LogP contribution in [0.4, 0.5) is 4.39 Å². The molecule has 1 aromatic rings. The van der Waals surface area contributed by atoms with Gasteiger partial charge in [0.05, 0.1) is 11.3 Å². The van der Waals surface area contributed by atoms with Crippen LogP contribution >= 0.6 is 0 Å². The molecule has 1 saturated heterocycles. The maximum atomic E-state index is 13.3. The van der Waals surface area contributed by atoms with Crippen LogP contribution in [-0.2, 0) is 20.8 Å². The largest absolute Gasteiger partial charge is 0.449 e. The molecule has 1 aliphatic carbocycles. The first-order valence-electron chi connectivity index (χ1n) is 5.56. The number of hydrogen-bond donors (Lipinski definition) is 0. The van der Waals surface area contributed by atoms with Crippen molar-refractivity contribution in [3.8, 4) is 0 Å². The molecular weight excluding hydrogens is 241 g/mol. The summed E-state index contributed by atoms with van der Waals surface area (Å²) in [6, 6.07) is 4.25. The Hall–Kier alpha value is -1.98. The van der Waals surface area contributed by atoms with E-state index in [1.807, 2.05) is 0 Å². The van der Waals surface area contributed by atoms with Gasteiger partial charge in [0.2, 0.25) is 11.0 Å². The number of halogens is 1. The van der Waals surface area contributed by atoms with Gasteiger partial charge in [0.25, 0.3) is 0 Å². The molecule has 3 rings (SSSR count). The van der Waals surface area contributed by atoms with Gasteiger partial charge in [0.1, 0.15) is 12.2 Å². The topological polar surface area (TPSA) is 55.6 Å². The van der Waals surface area contributed by atoms with Gasteiger partial charge in [-0.2, -0.15) is 0 Å². The summed E-state index contributed by atoms with van der Waals surface area (Å²) in [6.45, 7) is 0. The third kappa shape index (κ3) is 1.28. The predicted molar refractivity (Wildman–Crippen MR) is 56.9 cm³/mol. The van der Waals surface area contributed by atoms with E-state index in [-0.39, 0.29) is 6.42 Å². The summed E-state index contributed by atoms with van der Waals surface area (Å²) in [4.78, 5) is 28.4. The quantitative estimate of drug-likeness (QED) is 0.590. The molecule has 1 unspecified atom stereocenters. The van der Waals surface area contributed by atoms with Gasteiger partial charge in [-0.25, -0.2) is 9.23 Å². The van der Waals surface area contributed by atoms with Crippen molar-refractivity contribution >= 4 is 5.97 Å². The second-order valence-electron chi connectivity index (χ2n) is 4.61. The molecule has 1 heterocycles. The van der Waals surface area contributed by atoms with Crippen molar-refractivity contribution in [3.05, 3.63) is 40.1 Å². The van der Waals surface area contributed by atoms with Crippen LogP contribution in [0.5, 0.6) is 0 Å². The molecule has 0 spiro atoms. The van der Waals surface area contributed by atoms with Gasteiger partial charge in [-0.05, 0) is 17.7 Å². The Kier molecular flexibility index (Phi) is 2.17. The fourth-order valence-electron chi connectivity index (χ4n) is 2.84. The van der Waals surface area contributed by atoms with Gasteiger partial charge in [0.15, 0.2) is 7.11 Å². The normalized spacial score (nSPS) is 28.6. The summed E-state index contributed by atoms with van der Waals surface area (Å²) >= 11 is 0. The molecule has 0 N–H and O–H groups in total. The Labute approximate surface area is 102 Å². The van der Waals surface area contributed by atoms with Gasteiger partial charge < -0.3 is 4.74 Å². The second-order valence-corrected chi connectivity index (χ2v) is 4.61. The van der Waals surface area contributed by atoms with Crippen molar-refractivity contribution in [2.24, 2.45) is 0 Å². The fraction of sp³-hybridized carbons (Fsp3) is 0.417. The molecule has 0 aromatic heterocycles. The van der Waals surface area contributed by atoms with Crippen LogP contribution in [-0.4, -0.2) is 23.5 Å². The summed E-state index contributed by atoms with van der Waals surface area (Å²) < 4.78 is 18.4. The first kappa shape index (κ1) is 11.1. The summed E-state index contributed by atoms with van der Waals surface area (Å²) in [6.07, 6.45) is -0.491. The smallest absolute Gasteiger partial charge is 0.320 e. The Balaban J connectivity index is 2.12. The van der Waals surface area contributed by atoms with E-state index in [0.29, 0.717) is 16.9 Å². The molecule has 1 aliphatic heterocycles. The van der Waals surface area contributed by atoms with E-state index in [2.05, 4.69) is 0 Å². The number of hydrogen-bond acceptors (Lipinski definition) is 4. The summed E-state index contributed by atoms with van der Waals surface area (Å²) in [5, 5.41) is 0. The van der Waals surface area contributed by atoms with E-state index >= 15 is 0 Å². The summed E-state index contributed by atoms with van der Waals surface area (Å²) in [7, 11) is 1.24. The molecule has 6 heteroatoms. The zero-order valence-electron chi connectivity index (χ0n) is 9.68. The molecule has 2 aliphatic rings. The number of nitrogens with zero attached hydrogens (tertiary/aromatic N) is 1. The average molecular weight is 252 g/mol. The van der Waals surface area contributed by atoms with Crippen LogP contribution in [0.1, 0.15) is 23.7 Å². The van der Waals surface area contributed by atoms with Gasteiger partial charge >= 0.3 is 11.5 Å². The maximum absolute atomic E-state index is 13.3. The number of fused-ring (bicyclic) bond motifs is 3. The number of ether oxygens (including phenoxy) is 1. The molecule has 0 amide bonds. The number of carbonyl (C=O) groups is 1. The minimum atomic E-state index is -1.10. The number of carbonyl (C=O) groups excluding carboxylic acids is 1. The minimum Gasteiger partial charge on any atom is -0.449 e. The first-order chi connectivity index (χ1) is 8.56. The third-order valence-corrected chi connectivity index (χ3v) is 3.60. The summed E-state index contributed by atoms with van der Waals surface area (Å²) in [5.74, 6) is -0.879. The van der Waals surface area contributed by atoms with E-state index in [0.717, 1.165) is 5.56 Å². The van der Waals surface area contributed by atoms with Crippen molar-refractivity contribution < 1.29 is 23.7 Å². The van der Waals surface area contributed by atoms with E-state index in [4.69, 9.17) is 9.57 Å². The highest BCUT2D eigenvalue weighted by Gasteiger charge is 2.68. The molecule has 0 saturated carbocycles. The lowest BCUT2D eigenvalue weighted by Crippen LogP contribution is -2.41. The van der Waals surface area contributed by atoms with E-state index in [9.17, 15) is 14.1 Å². The van der Waals surface area contributed by atoms with Crippen molar-refractivity contribution in [1.82, 2.24) is 0 Å². The van der Waals surface area contributed by atoms with Crippen LogP contribution < -0.4 is 0 Å². The molecule has 1 fully saturated rings. The Morgan fingerprint density at radius 1 is 1.50 bits per heavy atom. The van der Waals surface area contributed by atoms with Crippen LogP contribution in [0.3, 0.4) is 0 Å². The highest BCUT2D eigenvalue weighted by Crippen LogP contribution is 2.50. The van der Waals surface area contributed by atoms with Crippen molar-refractivity contribution in [3.63, 3.8) is 0 Å². The molecule has 94 valence electrons. The van der Waals surface area contributed by atoms with E-state index in [1.165, 1.54) is 19.2 Å². The van der Waals surface area contributed by atoms with E-state index < -0.39 is 23.4 Å². The Morgan fingerprint density at radius 2 is 2.28 bits per heavy atom. The van der Waals surface area contributed by atoms with E-state index in [1.54, 1.807) is 6.07 Å². The van der Waals surface area contributed by atoms with Gasteiger partial charge in [0, 0.05) is 5.56 Å². The third-order valence-electron chi connectivity index (χ3n) is 3.60. The zero-order valence-corrected chi connectivity index (χ0v) is 9.68. The second kappa shape index (κ2) is 3.51. The lowest BCUT2D eigenvalue weighted by Gasteiger charge is -2.13. The molecule has 2 atom stereocenters. The van der Waals surface area contributed by atoms with Gasteiger partial charge in [-0.3, -0.25) is 4.79 Å². The molecule has 5 nitrogen and oxygen atoms in total. The lowest BCUT2D eigenvalue weighted by molar-refractivity contribution is -0.847. The summed E-state index contributed by atoms with van der Waals surface area (Å²) in [5.41, 5.74) is 0.271. The standard InChI is InChI=1S/C12H11FNO4/c1-17-14(16)12-5-7-2-3-8(13)4-9(7)11(12)18-10(15)6-12/h2-4,11H,5-6H2,1H3/q+1/t11?,12-/m0/s1. The van der Waals surface area contributed by atoms with Crippen molar-refractivity contribution in [2.75, 3.05) is 7.11 Å². The number of benzene rings is 1. The fourth-order valence-corrected chi connectivity index (χ4v) is 2.84. The van der Waals surface area contributed by atoms with Crippen LogP contribution in [0.15, 0.2) is 18.2 Å². The SMILES string of the molecule is CO[N+](=O)[C@@]12CC(=O)OC1c1cc(F)ccc1C2. The van der Waals surface area contributed by atoms with Crippen LogP contribution in [0.25, 0.3) is 0 Å². The van der Waals surface area contributed by atoms with Gasteiger partial charge in [-0.15, -0.1) is 0 Å². The average Bonchev–Trinajstić information content (AvgIpc) is 2.81. The van der Waals surface area contributed by atoms with Crippen molar-refractivity contribution in [1.29, 1.82) is 0 Å². The van der Waals surface area contributed by atoms with Crippen LogP contribution in [0.2, 0.25) is 0 Å². The predicted octanol–water partition coefficient (Wildman–Crippen LogP) is 1.45. The first-order valence-corrected chi connectivity index (χ1v) is 5.56. The number of esters is 1. The van der Waals surface area contributed by atoms with Gasteiger partial charge in [-0.1, -0.05) is 6.07 Å². The Morgan fingerprint density at radius 3 is 3.00 bits per heavy atom. The monoisotopic (exact) mass is 252 g/mol. The van der Waals surface area contributed by atoms with Crippen molar-refractivity contribution in [2.45, 2.75) is 24.5 Å². The molecule has 18 heavy (non-hydrogen) atoms. The van der Waals surface area contributed by atoms with Crippen LogP contribution in [0, 0.1) is 10.7 Å². The molecule has 0 bridgehead atoms. The molecule has 1 aromatic carbocycles. The maximum Gasteiger partial charge on any atom is 0.320 e. The minimum absolute atomic E-state index is 0.0503. The molecular formula is C12H11FNO4+. The Bertz CT molecular complexity index is 559. The molecule has 0 radical (unpaired) electrons. The lowest BCUT2D eigenvalue weighted by atomic mass is 9.92. The zero-order chi connectivity index (χ0) is 12.9. The number of rotatable bonds is 2. The highest BCUT2D eigenvalue weighted by molar-refractivity contribution is 5.75. The highest BCUT2D eigenvalue weighted by atomic mass is 19.1.